The van der Waals surface area contributed by atoms with E-state index in [1.807, 2.05) is 0 Å². The van der Waals surface area contributed by atoms with Crippen LogP contribution < -0.4 is 0 Å². The summed E-state index contributed by atoms with van der Waals surface area (Å²) in [6.07, 6.45) is 2.17. The van der Waals surface area contributed by atoms with Crippen LogP contribution in [0.5, 0.6) is 0 Å². The van der Waals surface area contributed by atoms with E-state index >= 15 is 0 Å². The van der Waals surface area contributed by atoms with Gasteiger partial charge in [0.1, 0.15) is 19.2 Å². The monoisotopic (exact) mass is 228 g/mol. The van der Waals surface area contributed by atoms with Crippen LogP contribution in [-0.2, 0) is 16.1 Å². The number of methoxy groups -OCH3 is 1. The highest BCUT2D eigenvalue weighted by Crippen LogP contribution is 1.93. The number of amides is 1. The van der Waals surface area contributed by atoms with E-state index in [9.17, 15) is 9.90 Å². The number of aliphatic hydroxyl groups excluding tert-OH is 1. The minimum absolute atomic E-state index is 0.121. The molecule has 7 heteroatoms. The predicted octanol–water partition coefficient (Wildman–Crippen LogP) is -1.26. The highest BCUT2D eigenvalue weighted by molar-refractivity contribution is 5.75. The molecule has 0 aliphatic heterocycles. The molecule has 0 radical (unpaired) electrons. The van der Waals surface area contributed by atoms with Crippen LogP contribution in [0, 0.1) is 0 Å². The first kappa shape index (κ1) is 12.6. The van der Waals surface area contributed by atoms with E-state index in [4.69, 9.17) is 4.74 Å². The molecule has 1 rings (SSSR count). The number of likely N-dealkylation sites (N-methyl/N-ethyl adjacent to an activating group) is 1. The van der Waals surface area contributed by atoms with E-state index in [2.05, 4.69) is 10.1 Å². The lowest BCUT2D eigenvalue weighted by Gasteiger charge is -2.20. The Morgan fingerprint density at radius 3 is 3.00 bits per heavy atom. The number of ether oxygens (including phenoxy) is 1. The van der Waals surface area contributed by atoms with Crippen LogP contribution in [0.15, 0.2) is 12.7 Å². The lowest BCUT2D eigenvalue weighted by molar-refractivity contribution is -0.132. The maximum Gasteiger partial charge on any atom is 0.244 e. The maximum absolute atomic E-state index is 11.6. The van der Waals surface area contributed by atoms with Crippen molar-refractivity contribution in [3.05, 3.63) is 12.7 Å². The standard InChI is InChI=1S/C9H16N4O3/c1-12(3-8(14)5-16-2)9(15)4-13-7-10-6-11-13/h6-8,14H,3-5H2,1-2H3. The quantitative estimate of drug-likeness (QED) is 0.657. The highest BCUT2D eigenvalue weighted by atomic mass is 16.5. The molecule has 7 nitrogen and oxygen atoms in total. The summed E-state index contributed by atoms with van der Waals surface area (Å²) in [6, 6.07) is 0. The SMILES string of the molecule is COCC(O)CN(C)C(=O)Cn1cncn1. The molecule has 0 aliphatic carbocycles. The fraction of sp³-hybridized carbons (Fsp3) is 0.667. The van der Waals surface area contributed by atoms with E-state index in [1.54, 1.807) is 7.05 Å². The van der Waals surface area contributed by atoms with Gasteiger partial charge >= 0.3 is 0 Å². The van der Waals surface area contributed by atoms with E-state index in [0.717, 1.165) is 0 Å². The Kier molecular flexibility index (Phi) is 4.87. The molecule has 1 aromatic rings. The van der Waals surface area contributed by atoms with Crippen LogP contribution in [0.2, 0.25) is 0 Å². The molecule has 0 fully saturated rings. The topological polar surface area (TPSA) is 80.5 Å². The number of hydrogen-bond acceptors (Lipinski definition) is 5. The molecular formula is C9H16N4O3. The molecule has 90 valence electrons. The number of carbonyl (C=O) groups excluding carboxylic acids is 1. The van der Waals surface area contributed by atoms with E-state index in [-0.39, 0.29) is 25.6 Å². The van der Waals surface area contributed by atoms with Crippen molar-refractivity contribution < 1.29 is 14.6 Å². The average molecular weight is 228 g/mol. The highest BCUT2D eigenvalue weighted by Gasteiger charge is 2.14. The van der Waals surface area contributed by atoms with Gasteiger partial charge in [-0.1, -0.05) is 0 Å². The zero-order valence-electron chi connectivity index (χ0n) is 9.41. The van der Waals surface area contributed by atoms with Crippen molar-refractivity contribution in [2.24, 2.45) is 0 Å². The zero-order valence-corrected chi connectivity index (χ0v) is 9.41. The van der Waals surface area contributed by atoms with Gasteiger partial charge in [-0.05, 0) is 0 Å². The molecule has 0 aliphatic rings. The number of hydrogen-bond donors (Lipinski definition) is 1. The molecule has 0 saturated carbocycles. The summed E-state index contributed by atoms with van der Waals surface area (Å²) in [5.41, 5.74) is 0. The van der Waals surface area contributed by atoms with Gasteiger partial charge in [-0.2, -0.15) is 5.10 Å². The largest absolute Gasteiger partial charge is 0.389 e. The minimum Gasteiger partial charge on any atom is -0.389 e. The Bertz CT molecular complexity index is 315. The Hall–Kier alpha value is -1.47. The Morgan fingerprint density at radius 2 is 2.44 bits per heavy atom. The smallest absolute Gasteiger partial charge is 0.244 e. The molecular weight excluding hydrogens is 212 g/mol. The second-order valence-electron chi connectivity index (χ2n) is 3.48. The van der Waals surface area contributed by atoms with Gasteiger partial charge < -0.3 is 14.7 Å². The van der Waals surface area contributed by atoms with Crippen LogP contribution in [-0.4, -0.2) is 64.1 Å². The third-order valence-electron chi connectivity index (χ3n) is 2.03. The molecule has 0 spiro atoms. The first-order valence-electron chi connectivity index (χ1n) is 4.87. The van der Waals surface area contributed by atoms with E-state index in [0.29, 0.717) is 0 Å². The number of aliphatic hydroxyl groups is 1. The van der Waals surface area contributed by atoms with E-state index in [1.165, 1.54) is 29.3 Å². The van der Waals surface area contributed by atoms with Gasteiger partial charge in [-0.25, -0.2) is 9.67 Å². The molecule has 0 aromatic carbocycles. The summed E-state index contributed by atoms with van der Waals surface area (Å²) in [6.45, 7) is 0.568. The van der Waals surface area contributed by atoms with Crippen LogP contribution in [0.4, 0.5) is 0 Å². The second kappa shape index (κ2) is 6.19. The van der Waals surface area contributed by atoms with Crippen molar-refractivity contribution >= 4 is 5.91 Å². The van der Waals surface area contributed by atoms with Crippen LogP contribution in [0.1, 0.15) is 0 Å². The average Bonchev–Trinajstić information content (AvgIpc) is 2.70. The van der Waals surface area contributed by atoms with Gasteiger partial charge in [-0.3, -0.25) is 4.79 Å². The van der Waals surface area contributed by atoms with Gasteiger partial charge in [0, 0.05) is 20.7 Å². The molecule has 0 saturated heterocycles. The molecule has 1 aromatic heterocycles. The maximum atomic E-state index is 11.6. The van der Waals surface area contributed by atoms with Gasteiger partial charge in [0.25, 0.3) is 0 Å². The third kappa shape index (κ3) is 3.95. The van der Waals surface area contributed by atoms with Crippen LogP contribution in [0.3, 0.4) is 0 Å². The van der Waals surface area contributed by atoms with Crippen LogP contribution in [0.25, 0.3) is 0 Å². The normalized spacial score (nSPS) is 12.4. The Labute approximate surface area is 93.6 Å². The van der Waals surface area contributed by atoms with E-state index < -0.39 is 6.10 Å². The lowest BCUT2D eigenvalue weighted by Crippen LogP contribution is -2.38. The molecule has 1 N–H and O–H groups in total. The van der Waals surface area contributed by atoms with Crippen molar-refractivity contribution in [3.8, 4) is 0 Å². The molecule has 0 bridgehead atoms. The van der Waals surface area contributed by atoms with Crippen molar-refractivity contribution in [2.45, 2.75) is 12.6 Å². The summed E-state index contributed by atoms with van der Waals surface area (Å²) in [7, 11) is 3.12. The third-order valence-corrected chi connectivity index (χ3v) is 2.03. The van der Waals surface area contributed by atoms with Crippen molar-refractivity contribution in [2.75, 3.05) is 27.3 Å². The zero-order chi connectivity index (χ0) is 12.0. The van der Waals surface area contributed by atoms with Crippen molar-refractivity contribution in [3.63, 3.8) is 0 Å². The van der Waals surface area contributed by atoms with Crippen LogP contribution >= 0.6 is 0 Å². The molecule has 1 amide bonds. The van der Waals surface area contributed by atoms with Gasteiger partial charge in [0.15, 0.2) is 0 Å². The van der Waals surface area contributed by atoms with Crippen molar-refractivity contribution in [1.29, 1.82) is 0 Å². The predicted molar refractivity (Wildman–Crippen MR) is 55.5 cm³/mol. The summed E-state index contributed by atoms with van der Waals surface area (Å²) in [5.74, 6) is -0.138. The number of rotatable bonds is 6. The molecule has 1 heterocycles. The van der Waals surface area contributed by atoms with Crippen molar-refractivity contribution in [1.82, 2.24) is 19.7 Å². The molecule has 1 atom stereocenters. The summed E-state index contributed by atoms with van der Waals surface area (Å²) in [5, 5.41) is 13.3. The number of carbonyl (C=O) groups is 1. The van der Waals surface area contributed by atoms with Gasteiger partial charge in [0.05, 0.1) is 12.7 Å². The minimum atomic E-state index is -0.672. The molecule has 16 heavy (non-hydrogen) atoms. The Balaban J connectivity index is 2.36. The second-order valence-corrected chi connectivity index (χ2v) is 3.48. The summed E-state index contributed by atoms with van der Waals surface area (Å²) < 4.78 is 6.21. The first-order chi connectivity index (χ1) is 7.63. The Morgan fingerprint density at radius 1 is 1.69 bits per heavy atom. The summed E-state index contributed by atoms with van der Waals surface area (Å²) >= 11 is 0. The first-order valence-corrected chi connectivity index (χ1v) is 4.87. The fourth-order valence-electron chi connectivity index (χ4n) is 1.24. The summed E-state index contributed by atoms with van der Waals surface area (Å²) in [4.78, 5) is 16.8. The number of aromatic nitrogens is 3. The molecule has 1 unspecified atom stereocenters. The van der Waals surface area contributed by atoms with Gasteiger partial charge in [-0.15, -0.1) is 0 Å². The number of nitrogens with zero attached hydrogens (tertiary/aromatic N) is 4. The van der Waals surface area contributed by atoms with Gasteiger partial charge in [0.2, 0.25) is 5.91 Å². The fourth-order valence-corrected chi connectivity index (χ4v) is 1.24. The lowest BCUT2D eigenvalue weighted by atomic mass is 10.3.